The van der Waals surface area contributed by atoms with Crippen LogP contribution in [-0.4, -0.2) is 11.1 Å². The number of carbonyl (C=O) groups is 1. The van der Waals surface area contributed by atoms with E-state index in [1.807, 2.05) is 48.5 Å². The average molecular weight is 384 g/mol. The molecule has 0 atom stereocenters. The van der Waals surface area contributed by atoms with E-state index in [2.05, 4.69) is 15.9 Å². The summed E-state index contributed by atoms with van der Waals surface area (Å²) in [5.41, 5.74) is 2.95. The summed E-state index contributed by atoms with van der Waals surface area (Å²) in [5.74, 6) is -0.945. The third-order valence-corrected chi connectivity index (χ3v) is 3.00. The maximum Gasteiger partial charge on any atom is 0.328 e. The van der Waals surface area contributed by atoms with Gasteiger partial charge in [0.2, 0.25) is 0 Å². The first kappa shape index (κ1) is 15.7. The summed E-state index contributed by atoms with van der Waals surface area (Å²) >= 11 is 3.43. The summed E-state index contributed by atoms with van der Waals surface area (Å²) in [6, 6.07) is 15.6. The number of hydrogen-bond donors (Lipinski definition) is 1. The van der Waals surface area contributed by atoms with Crippen LogP contribution in [-0.2, 0) is 4.79 Å². The molecule has 0 saturated heterocycles. The van der Waals surface area contributed by atoms with Crippen LogP contribution >= 0.6 is 32.9 Å². The summed E-state index contributed by atoms with van der Waals surface area (Å²) in [6.07, 6.45) is 2.76. The summed E-state index contributed by atoms with van der Waals surface area (Å²) in [5, 5.41) is 8.69. The predicted molar refractivity (Wildman–Crippen MR) is 86.6 cm³/mol. The number of rotatable bonds is 3. The second kappa shape index (κ2) is 7.26. The Morgan fingerprint density at radius 3 is 2.53 bits per heavy atom. The Kier molecular flexibility index (Phi) is 5.99. The van der Waals surface area contributed by atoms with Crippen LogP contribution in [0.4, 0.5) is 0 Å². The Labute approximate surface area is 130 Å². The topological polar surface area (TPSA) is 37.3 Å². The molecular weight excluding hydrogens is 372 g/mol. The fraction of sp³-hybridized carbons (Fsp3) is 0. The lowest BCUT2D eigenvalue weighted by molar-refractivity contribution is -0.131. The maximum absolute atomic E-state index is 10.6. The van der Waals surface area contributed by atoms with Gasteiger partial charge in [0, 0.05) is 10.5 Å². The van der Waals surface area contributed by atoms with Crippen molar-refractivity contribution in [2.75, 3.05) is 0 Å². The van der Waals surface area contributed by atoms with E-state index in [0.29, 0.717) is 0 Å². The molecule has 2 rings (SSSR count). The van der Waals surface area contributed by atoms with Crippen molar-refractivity contribution < 1.29 is 9.90 Å². The Bertz CT molecular complexity index is 607. The molecule has 2 aromatic carbocycles. The van der Waals surface area contributed by atoms with Crippen LogP contribution < -0.4 is 0 Å². The zero-order chi connectivity index (χ0) is 13.0. The van der Waals surface area contributed by atoms with Crippen molar-refractivity contribution in [3.63, 3.8) is 0 Å². The van der Waals surface area contributed by atoms with Crippen LogP contribution in [0.2, 0.25) is 0 Å². The van der Waals surface area contributed by atoms with E-state index in [1.165, 1.54) is 0 Å². The largest absolute Gasteiger partial charge is 0.478 e. The second-order valence-electron chi connectivity index (χ2n) is 3.77. The van der Waals surface area contributed by atoms with Crippen LogP contribution in [0.15, 0.2) is 59.1 Å². The molecule has 0 aliphatic carbocycles. The highest BCUT2D eigenvalue weighted by Crippen LogP contribution is 2.26. The van der Waals surface area contributed by atoms with Gasteiger partial charge < -0.3 is 5.11 Å². The molecule has 0 radical (unpaired) electrons. The smallest absolute Gasteiger partial charge is 0.328 e. The number of carboxylic acid groups (broad SMARTS) is 1. The average Bonchev–Trinajstić information content (AvgIpc) is 2.36. The van der Waals surface area contributed by atoms with Gasteiger partial charge in [-0.25, -0.2) is 4.79 Å². The molecule has 2 nitrogen and oxygen atoms in total. The molecule has 0 aliphatic heterocycles. The highest BCUT2D eigenvalue weighted by Gasteiger charge is 2.02. The highest BCUT2D eigenvalue weighted by molar-refractivity contribution is 9.10. The fourth-order valence-corrected chi connectivity index (χ4v) is 2.12. The van der Waals surface area contributed by atoms with E-state index in [-0.39, 0.29) is 17.0 Å². The van der Waals surface area contributed by atoms with Gasteiger partial charge in [-0.05, 0) is 34.9 Å². The van der Waals surface area contributed by atoms with Gasteiger partial charge in [-0.2, -0.15) is 0 Å². The molecule has 0 bridgehead atoms. The van der Waals surface area contributed by atoms with Crippen molar-refractivity contribution in [3.8, 4) is 11.1 Å². The molecule has 0 spiro atoms. The number of aliphatic carboxylic acids is 1. The summed E-state index contributed by atoms with van der Waals surface area (Å²) < 4.78 is 0.997. The third-order valence-electron chi connectivity index (χ3n) is 2.50. The van der Waals surface area contributed by atoms with Gasteiger partial charge in [0.25, 0.3) is 0 Å². The van der Waals surface area contributed by atoms with Crippen molar-refractivity contribution in [2.24, 2.45) is 0 Å². The Hall–Kier alpha value is -1.39. The summed E-state index contributed by atoms with van der Waals surface area (Å²) in [4.78, 5) is 10.6. The van der Waals surface area contributed by atoms with Crippen LogP contribution in [0, 0.1) is 0 Å². The number of carboxylic acids is 1. The molecule has 0 aliphatic rings. The number of hydrogen-bond acceptors (Lipinski definition) is 1. The predicted octanol–water partition coefficient (Wildman–Crippen LogP) is 4.79. The van der Waals surface area contributed by atoms with Crippen molar-refractivity contribution in [2.45, 2.75) is 0 Å². The first-order chi connectivity index (χ1) is 8.66. The molecule has 0 unspecified atom stereocenters. The molecule has 0 saturated carbocycles. The first-order valence-electron chi connectivity index (χ1n) is 5.43. The maximum atomic E-state index is 10.6. The fourth-order valence-electron chi connectivity index (χ4n) is 1.72. The molecule has 0 aromatic heterocycles. The summed E-state index contributed by atoms with van der Waals surface area (Å²) in [7, 11) is 0. The zero-order valence-corrected chi connectivity index (χ0v) is 13.2. The lowest BCUT2D eigenvalue weighted by Gasteiger charge is -2.06. The molecule has 1 N–H and O–H groups in total. The minimum atomic E-state index is -0.945. The van der Waals surface area contributed by atoms with Crippen molar-refractivity contribution in [3.05, 3.63) is 64.6 Å². The van der Waals surface area contributed by atoms with Gasteiger partial charge in [0.05, 0.1) is 0 Å². The lowest BCUT2D eigenvalue weighted by Crippen LogP contribution is -1.87. The Balaban J connectivity index is 0.00000180. The quantitative estimate of drug-likeness (QED) is 0.773. The minimum Gasteiger partial charge on any atom is -0.478 e. The lowest BCUT2D eigenvalue weighted by atomic mass is 9.99. The van der Waals surface area contributed by atoms with Gasteiger partial charge in [-0.15, -0.1) is 17.0 Å². The molecule has 19 heavy (non-hydrogen) atoms. The first-order valence-corrected chi connectivity index (χ1v) is 6.22. The minimum absolute atomic E-state index is 0. The van der Waals surface area contributed by atoms with Gasteiger partial charge in [0.1, 0.15) is 0 Å². The Morgan fingerprint density at radius 1 is 1.11 bits per heavy atom. The van der Waals surface area contributed by atoms with E-state index < -0.39 is 5.97 Å². The van der Waals surface area contributed by atoms with Gasteiger partial charge in [-0.3, -0.25) is 0 Å². The second-order valence-corrected chi connectivity index (χ2v) is 4.68. The van der Waals surface area contributed by atoms with Gasteiger partial charge in [-0.1, -0.05) is 52.3 Å². The zero-order valence-electron chi connectivity index (χ0n) is 9.92. The van der Waals surface area contributed by atoms with Crippen LogP contribution in [0.1, 0.15) is 5.56 Å². The Morgan fingerprint density at radius 2 is 1.84 bits per heavy atom. The molecule has 4 heteroatoms. The van der Waals surface area contributed by atoms with Crippen molar-refractivity contribution in [1.29, 1.82) is 0 Å². The van der Waals surface area contributed by atoms with E-state index in [4.69, 9.17) is 5.11 Å². The monoisotopic (exact) mass is 382 g/mol. The number of halogens is 2. The highest BCUT2D eigenvalue weighted by atomic mass is 79.9. The van der Waals surface area contributed by atoms with E-state index in [9.17, 15) is 4.79 Å². The molecular formula is C15H12Br2O2. The molecule has 0 amide bonds. The van der Waals surface area contributed by atoms with Crippen molar-refractivity contribution >= 4 is 45.0 Å². The standard InChI is InChI=1S/C15H11BrO2.BrH/c16-13-6-3-5-12(10-13)14-7-2-1-4-11(14)8-9-15(17)18;/h1-10H,(H,17,18);1H. The van der Waals surface area contributed by atoms with Crippen LogP contribution in [0.3, 0.4) is 0 Å². The molecule has 2 aromatic rings. The van der Waals surface area contributed by atoms with E-state index in [0.717, 1.165) is 27.2 Å². The number of benzene rings is 2. The molecule has 0 heterocycles. The van der Waals surface area contributed by atoms with Gasteiger partial charge in [0.15, 0.2) is 0 Å². The normalized spacial score (nSPS) is 10.2. The van der Waals surface area contributed by atoms with Crippen LogP contribution in [0.25, 0.3) is 17.2 Å². The van der Waals surface area contributed by atoms with E-state index in [1.54, 1.807) is 6.08 Å². The SMILES string of the molecule is Br.O=C(O)C=Cc1ccccc1-c1cccc(Br)c1. The van der Waals surface area contributed by atoms with Crippen molar-refractivity contribution in [1.82, 2.24) is 0 Å². The van der Waals surface area contributed by atoms with Gasteiger partial charge >= 0.3 is 5.97 Å². The van der Waals surface area contributed by atoms with Crippen LogP contribution in [0.5, 0.6) is 0 Å². The summed E-state index contributed by atoms with van der Waals surface area (Å²) in [6.45, 7) is 0. The third kappa shape index (κ3) is 4.33. The van der Waals surface area contributed by atoms with E-state index >= 15 is 0 Å². The molecule has 0 fully saturated rings. The molecule has 98 valence electrons.